The number of benzene rings is 1. The summed E-state index contributed by atoms with van der Waals surface area (Å²) in [5.41, 5.74) is 3.66. The lowest BCUT2D eigenvalue weighted by molar-refractivity contribution is -0.130. The zero-order valence-electron chi connectivity index (χ0n) is 16.7. The number of hydrogen-bond acceptors (Lipinski definition) is 5. The van der Waals surface area contributed by atoms with Crippen molar-refractivity contribution in [1.29, 1.82) is 5.26 Å². The van der Waals surface area contributed by atoms with Gasteiger partial charge in [0.2, 0.25) is 5.91 Å². The Hall–Kier alpha value is -2.36. The first-order valence-corrected chi connectivity index (χ1v) is 10.6. The van der Waals surface area contributed by atoms with Gasteiger partial charge in [0.15, 0.2) is 0 Å². The van der Waals surface area contributed by atoms with Crippen LogP contribution in [-0.2, 0) is 4.79 Å². The van der Waals surface area contributed by atoms with Crippen LogP contribution in [0.5, 0.6) is 0 Å². The van der Waals surface area contributed by atoms with Crippen LogP contribution in [0.4, 0.5) is 0 Å². The Bertz CT molecular complexity index is 870. The highest BCUT2D eigenvalue weighted by molar-refractivity contribution is 8.00. The fourth-order valence-corrected chi connectivity index (χ4v) is 4.57. The number of aromatic nitrogens is 1. The molecule has 0 saturated carbocycles. The van der Waals surface area contributed by atoms with Crippen molar-refractivity contribution in [2.45, 2.75) is 31.8 Å². The second-order valence-electron chi connectivity index (χ2n) is 7.16. The van der Waals surface area contributed by atoms with Crippen molar-refractivity contribution in [1.82, 2.24) is 14.8 Å². The molecule has 1 atom stereocenters. The molecule has 0 spiro atoms. The van der Waals surface area contributed by atoms with Crippen LogP contribution in [0.25, 0.3) is 0 Å². The van der Waals surface area contributed by atoms with E-state index < -0.39 is 0 Å². The van der Waals surface area contributed by atoms with Crippen LogP contribution < -0.4 is 0 Å². The topological polar surface area (TPSA) is 60.2 Å². The Labute approximate surface area is 171 Å². The van der Waals surface area contributed by atoms with Gasteiger partial charge >= 0.3 is 0 Å². The van der Waals surface area contributed by atoms with Gasteiger partial charge in [-0.2, -0.15) is 5.26 Å². The lowest BCUT2D eigenvalue weighted by atomic mass is 10.1. The van der Waals surface area contributed by atoms with Crippen molar-refractivity contribution in [2.75, 3.05) is 31.9 Å². The molecule has 0 N–H and O–H groups in total. The fraction of sp³-hybridized carbons (Fsp3) is 0.409. The summed E-state index contributed by atoms with van der Waals surface area (Å²) in [5, 5.41) is 10.0. The molecule has 1 amide bonds. The lowest BCUT2D eigenvalue weighted by Gasteiger charge is -2.38. The molecule has 28 heavy (non-hydrogen) atoms. The minimum absolute atomic E-state index is 0.113. The molecule has 0 bridgehead atoms. The van der Waals surface area contributed by atoms with Crippen molar-refractivity contribution in [3.05, 3.63) is 58.8 Å². The van der Waals surface area contributed by atoms with E-state index in [4.69, 9.17) is 0 Å². The summed E-state index contributed by atoms with van der Waals surface area (Å²) in [5.74, 6) is 0.431. The highest BCUT2D eigenvalue weighted by Crippen LogP contribution is 2.25. The molecular formula is C22H26N4OS. The summed E-state index contributed by atoms with van der Waals surface area (Å²) in [4.78, 5) is 21.5. The molecule has 146 valence electrons. The summed E-state index contributed by atoms with van der Waals surface area (Å²) in [7, 11) is 0. The Balaban J connectivity index is 1.54. The Morgan fingerprint density at radius 2 is 1.89 bits per heavy atom. The van der Waals surface area contributed by atoms with Gasteiger partial charge < -0.3 is 4.90 Å². The SMILES string of the molecule is Cc1cc(C)c(C#N)c(SCC(=O)N2CCN([C@H](C)c3ccccc3)CC2)n1. The summed E-state index contributed by atoms with van der Waals surface area (Å²) in [6.07, 6.45) is 0. The third-order valence-corrected chi connectivity index (χ3v) is 6.21. The number of aryl methyl sites for hydroxylation is 2. The van der Waals surface area contributed by atoms with Gasteiger partial charge in [0, 0.05) is 37.9 Å². The zero-order chi connectivity index (χ0) is 20.1. The molecule has 1 saturated heterocycles. The summed E-state index contributed by atoms with van der Waals surface area (Å²) in [6, 6.07) is 14.9. The van der Waals surface area contributed by atoms with Gasteiger partial charge in [-0.1, -0.05) is 42.1 Å². The second kappa shape index (κ2) is 9.22. The van der Waals surface area contributed by atoms with E-state index in [-0.39, 0.29) is 5.91 Å². The molecule has 1 fully saturated rings. The van der Waals surface area contributed by atoms with Crippen molar-refractivity contribution >= 4 is 17.7 Å². The number of thioether (sulfide) groups is 1. The molecule has 0 unspecified atom stereocenters. The van der Waals surface area contributed by atoms with Crippen LogP contribution in [-0.4, -0.2) is 52.6 Å². The number of carbonyl (C=O) groups excluding carboxylic acids is 1. The summed E-state index contributed by atoms with van der Waals surface area (Å²) >= 11 is 1.37. The molecule has 0 aliphatic carbocycles. The number of rotatable bonds is 5. The Morgan fingerprint density at radius 1 is 1.21 bits per heavy atom. The number of nitriles is 1. The molecule has 1 aliphatic heterocycles. The van der Waals surface area contributed by atoms with Crippen LogP contribution in [0.15, 0.2) is 41.4 Å². The molecule has 3 rings (SSSR count). The molecule has 1 aromatic heterocycles. The van der Waals surface area contributed by atoms with E-state index in [2.05, 4.69) is 47.1 Å². The average Bonchev–Trinajstić information content (AvgIpc) is 2.72. The molecule has 1 aliphatic rings. The van der Waals surface area contributed by atoms with Gasteiger partial charge in [-0.3, -0.25) is 9.69 Å². The minimum atomic E-state index is 0.113. The van der Waals surface area contributed by atoms with E-state index in [0.29, 0.717) is 22.4 Å². The number of nitrogens with zero attached hydrogens (tertiary/aromatic N) is 4. The number of piperazine rings is 1. The second-order valence-corrected chi connectivity index (χ2v) is 8.13. The van der Waals surface area contributed by atoms with Gasteiger partial charge in [-0.05, 0) is 38.0 Å². The van der Waals surface area contributed by atoms with Gasteiger partial charge in [-0.25, -0.2) is 4.98 Å². The van der Waals surface area contributed by atoms with E-state index in [9.17, 15) is 10.1 Å². The number of carbonyl (C=O) groups is 1. The van der Waals surface area contributed by atoms with Crippen LogP contribution in [0.2, 0.25) is 0 Å². The van der Waals surface area contributed by atoms with Crippen molar-refractivity contribution in [2.24, 2.45) is 0 Å². The monoisotopic (exact) mass is 394 g/mol. The lowest BCUT2D eigenvalue weighted by Crippen LogP contribution is -2.49. The zero-order valence-corrected chi connectivity index (χ0v) is 17.5. The first kappa shape index (κ1) is 20.4. The van der Waals surface area contributed by atoms with Gasteiger partial charge in [-0.15, -0.1) is 0 Å². The van der Waals surface area contributed by atoms with Gasteiger partial charge in [0.25, 0.3) is 0 Å². The van der Waals surface area contributed by atoms with Crippen molar-refractivity contribution < 1.29 is 4.79 Å². The largest absolute Gasteiger partial charge is 0.339 e. The maximum absolute atomic E-state index is 12.7. The smallest absolute Gasteiger partial charge is 0.233 e. The normalized spacial score (nSPS) is 15.9. The van der Waals surface area contributed by atoms with E-state index in [1.165, 1.54) is 17.3 Å². The number of hydrogen-bond donors (Lipinski definition) is 0. The standard InChI is InChI=1S/C22H26N4OS/c1-16-13-17(2)24-22(20(16)14-23)28-15-21(27)26-11-9-25(10-12-26)18(3)19-7-5-4-6-8-19/h4-8,13,18H,9-12,15H2,1-3H3/t18-/m1/s1. The molecule has 2 heterocycles. The van der Waals surface area contributed by atoms with Crippen molar-refractivity contribution in [3.8, 4) is 6.07 Å². The molecule has 0 radical (unpaired) electrons. The third-order valence-electron chi connectivity index (χ3n) is 5.25. The van der Waals surface area contributed by atoms with Crippen LogP contribution >= 0.6 is 11.8 Å². The van der Waals surface area contributed by atoms with Gasteiger partial charge in [0.05, 0.1) is 11.3 Å². The summed E-state index contributed by atoms with van der Waals surface area (Å²) in [6.45, 7) is 9.26. The molecule has 6 heteroatoms. The minimum Gasteiger partial charge on any atom is -0.339 e. The van der Waals surface area contributed by atoms with E-state index in [0.717, 1.165) is 37.4 Å². The quantitative estimate of drug-likeness (QED) is 0.726. The Kier molecular flexibility index (Phi) is 6.71. The molecule has 1 aromatic carbocycles. The third kappa shape index (κ3) is 4.73. The van der Waals surface area contributed by atoms with E-state index in [1.807, 2.05) is 30.9 Å². The maximum atomic E-state index is 12.7. The van der Waals surface area contributed by atoms with E-state index in [1.54, 1.807) is 0 Å². The average molecular weight is 395 g/mol. The number of amides is 1. The van der Waals surface area contributed by atoms with Crippen LogP contribution in [0.3, 0.4) is 0 Å². The summed E-state index contributed by atoms with van der Waals surface area (Å²) < 4.78 is 0. The Morgan fingerprint density at radius 3 is 2.54 bits per heavy atom. The fourth-order valence-electron chi connectivity index (χ4n) is 3.57. The number of pyridine rings is 1. The molecular weight excluding hydrogens is 368 g/mol. The molecule has 5 nitrogen and oxygen atoms in total. The first-order chi connectivity index (χ1) is 13.5. The van der Waals surface area contributed by atoms with E-state index >= 15 is 0 Å². The highest BCUT2D eigenvalue weighted by Gasteiger charge is 2.25. The molecule has 2 aromatic rings. The van der Waals surface area contributed by atoms with Crippen LogP contribution in [0, 0.1) is 25.2 Å². The maximum Gasteiger partial charge on any atom is 0.233 e. The van der Waals surface area contributed by atoms with Gasteiger partial charge in [0.1, 0.15) is 11.1 Å². The first-order valence-electron chi connectivity index (χ1n) is 9.57. The predicted octanol–water partition coefficient (Wildman–Crippen LogP) is 3.57. The predicted molar refractivity (Wildman–Crippen MR) is 112 cm³/mol. The van der Waals surface area contributed by atoms with Crippen LogP contribution in [0.1, 0.15) is 35.3 Å². The highest BCUT2D eigenvalue weighted by atomic mass is 32.2. The van der Waals surface area contributed by atoms with Crippen molar-refractivity contribution in [3.63, 3.8) is 0 Å².